The molecule has 2 saturated heterocycles. The minimum atomic E-state index is -4.47. The molecular weight excluding hydrogens is 409 g/mol. The molecule has 0 bridgehead atoms. The van der Waals surface area contributed by atoms with E-state index in [-0.39, 0.29) is 21.9 Å². The molecule has 3 unspecified atom stereocenters. The predicted molar refractivity (Wildman–Crippen MR) is 104 cm³/mol. The van der Waals surface area contributed by atoms with Gasteiger partial charge in [-0.15, -0.1) is 23.5 Å². The van der Waals surface area contributed by atoms with Crippen LogP contribution in [-0.2, 0) is 15.8 Å². The van der Waals surface area contributed by atoms with E-state index >= 15 is 0 Å². The maximum Gasteiger partial charge on any atom is 0.416 e. The van der Waals surface area contributed by atoms with E-state index in [1.165, 1.54) is 22.7 Å². The summed E-state index contributed by atoms with van der Waals surface area (Å²) in [5.74, 6) is 0.156. The Kier molecular flexibility index (Phi) is 4.89. The average molecular weight is 431 g/mol. The van der Waals surface area contributed by atoms with Gasteiger partial charge in [0.1, 0.15) is 6.04 Å². The number of benzene rings is 1. The Hall–Kier alpha value is -1.35. The molecule has 9 heteroatoms. The third-order valence-electron chi connectivity index (χ3n) is 5.66. The maximum absolute atomic E-state index is 13.4. The molecule has 0 saturated carbocycles. The fourth-order valence-electron chi connectivity index (χ4n) is 4.12. The van der Waals surface area contributed by atoms with Crippen molar-refractivity contribution >= 4 is 41.0 Å². The number of anilines is 1. The molecule has 3 atom stereocenters. The van der Waals surface area contributed by atoms with Gasteiger partial charge in [-0.25, -0.2) is 0 Å². The minimum absolute atomic E-state index is 0.0484. The molecule has 0 N–H and O–H groups in total. The summed E-state index contributed by atoms with van der Waals surface area (Å²) in [5.41, 5.74) is -0.457. The lowest BCUT2D eigenvalue weighted by molar-refractivity contribution is -0.137. The highest BCUT2D eigenvalue weighted by atomic mass is 32.2. The van der Waals surface area contributed by atoms with E-state index in [9.17, 15) is 22.8 Å². The highest BCUT2D eigenvalue weighted by molar-refractivity contribution is 8.01. The molecule has 2 amide bonds. The smallest absolute Gasteiger partial charge is 0.315 e. The average Bonchev–Trinajstić information content (AvgIpc) is 3.04. The Morgan fingerprint density at radius 1 is 1.32 bits per heavy atom. The highest BCUT2D eigenvalue weighted by Gasteiger charge is 2.54. The van der Waals surface area contributed by atoms with Crippen LogP contribution in [0.5, 0.6) is 0 Å². The Balaban J connectivity index is 1.72. The van der Waals surface area contributed by atoms with Crippen LogP contribution in [0.15, 0.2) is 23.1 Å². The molecule has 3 aliphatic heterocycles. The van der Waals surface area contributed by atoms with E-state index in [2.05, 4.69) is 0 Å². The van der Waals surface area contributed by atoms with Gasteiger partial charge in [-0.1, -0.05) is 6.92 Å². The van der Waals surface area contributed by atoms with Gasteiger partial charge < -0.3 is 9.80 Å². The van der Waals surface area contributed by atoms with Gasteiger partial charge in [0.2, 0.25) is 5.91 Å². The first-order valence-electron chi connectivity index (χ1n) is 9.25. The molecule has 0 radical (unpaired) electrons. The van der Waals surface area contributed by atoms with E-state index in [1.807, 2.05) is 13.8 Å². The maximum atomic E-state index is 13.4. The van der Waals surface area contributed by atoms with Gasteiger partial charge in [-0.05, 0) is 38.0 Å². The van der Waals surface area contributed by atoms with Crippen molar-refractivity contribution in [1.82, 2.24) is 4.90 Å². The first-order chi connectivity index (χ1) is 13.1. The molecular formula is C19H21F3N2O2S2. The van der Waals surface area contributed by atoms with Crippen molar-refractivity contribution in [2.45, 2.75) is 60.3 Å². The molecule has 28 heavy (non-hydrogen) atoms. The number of fused-ring (bicyclic) bond motifs is 2. The molecule has 0 spiro atoms. The van der Waals surface area contributed by atoms with Crippen molar-refractivity contribution < 1.29 is 22.8 Å². The van der Waals surface area contributed by atoms with Crippen LogP contribution in [0.2, 0.25) is 0 Å². The third-order valence-corrected chi connectivity index (χ3v) is 8.40. The summed E-state index contributed by atoms with van der Waals surface area (Å²) >= 11 is 3.07. The molecule has 4 nitrogen and oxygen atoms in total. The second kappa shape index (κ2) is 6.86. The van der Waals surface area contributed by atoms with Crippen molar-refractivity contribution in [3.05, 3.63) is 23.8 Å². The summed E-state index contributed by atoms with van der Waals surface area (Å²) < 4.78 is 39.8. The van der Waals surface area contributed by atoms with Crippen molar-refractivity contribution in [2.24, 2.45) is 0 Å². The second-order valence-corrected chi connectivity index (χ2v) is 10.6. The number of carbonyl (C=O) groups is 2. The number of carbonyl (C=O) groups excluding carboxylic acids is 2. The van der Waals surface area contributed by atoms with Crippen molar-refractivity contribution in [2.75, 3.05) is 17.2 Å². The fourth-order valence-corrected chi connectivity index (χ4v) is 6.64. The quantitative estimate of drug-likeness (QED) is 0.663. The van der Waals surface area contributed by atoms with Gasteiger partial charge >= 0.3 is 6.18 Å². The number of hydrogen-bond acceptors (Lipinski definition) is 4. The summed E-state index contributed by atoms with van der Waals surface area (Å²) in [6, 6.07) is 2.98. The lowest BCUT2D eigenvalue weighted by atomic mass is 10.1. The molecule has 2 fully saturated rings. The molecule has 152 valence electrons. The normalized spacial score (nSPS) is 30.2. The summed E-state index contributed by atoms with van der Waals surface area (Å²) in [6.07, 6.45) is -2.69. The SMILES string of the molecule is CC1CCN(C(=O)C2CSC3(C)CCC(=O)N23)c2cc(C(F)(F)F)ccc2S1. The van der Waals surface area contributed by atoms with E-state index in [1.54, 1.807) is 16.7 Å². The van der Waals surface area contributed by atoms with Gasteiger partial charge in [0, 0.05) is 28.9 Å². The summed E-state index contributed by atoms with van der Waals surface area (Å²) in [5, 5.41) is 0.185. The van der Waals surface area contributed by atoms with Crippen LogP contribution < -0.4 is 4.90 Å². The Bertz CT molecular complexity index is 832. The van der Waals surface area contributed by atoms with Crippen LogP contribution in [0.25, 0.3) is 0 Å². The van der Waals surface area contributed by atoms with Gasteiger partial charge in [0.25, 0.3) is 5.91 Å². The minimum Gasteiger partial charge on any atom is -0.315 e. The molecule has 3 heterocycles. The van der Waals surface area contributed by atoms with E-state index < -0.39 is 17.8 Å². The Labute approximate surface area is 170 Å². The van der Waals surface area contributed by atoms with Gasteiger partial charge in [-0.2, -0.15) is 13.2 Å². The van der Waals surface area contributed by atoms with Gasteiger partial charge in [-0.3, -0.25) is 9.59 Å². The zero-order valence-corrected chi connectivity index (χ0v) is 17.2. The zero-order valence-electron chi connectivity index (χ0n) is 15.6. The van der Waals surface area contributed by atoms with Gasteiger partial charge in [0.05, 0.1) is 16.1 Å². The highest BCUT2D eigenvalue weighted by Crippen LogP contribution is 2.48. The molecule has 4 rings (SSSR count). The van der Waals surface area contributed by atoms with Crippen molar-refractivity contribution in [3.63, 3.8) is 0 Å². The van der Waals surface area contributed by atoms with Crippen molar-refractivity contribution in [3.8, 4) is 0 Å². The van der Waals surface area contributed by atoms with Crippen LogP contribution in [-0.4, -0.2) is 45.2 Å². The molecule has 1 aromatic rings. The molecule has 3 aliphatic rings. The summed E-state index contributed by atoms with van der Waals surface area (Å²) in [7, 11) is 0. The lowest BCUT2D eigenvalue weighted by Crippen LogP contribution is -2.51. The fraction of sp³-hybridized carbons (Fsp3) is 0.579. The van der Waals surface area contributed by atoms with Crippen LogP contribution >= 0.6 is 23.5 Å². The van der Waals surface area contributed by atoms with Crippen LogP contribution in [0.3, 0.4) is 0 Å². The van der Waals surface area contributed by atoms with Crippen LogP contribution in [0.1, 0.15) is 38.7 Å². The number of hydrogen-bond donors (Lipinski definition) is 0. The summed E-state index contributed by atoms with van der Waals surface area (Å²) in [4.78, 5) is 29.3. The summed E-state index contributed by atoms with van der Waals surface area (Å²) in [6.45, 7) is 4.32. The largest absolute Gasteiger partial charge is 0.416 e. The topological polar surface area (TPSA) is 40.6 Å². The van der Waals surface area contributed by atoms with Crippen LogP contribution in [0.4, 0.5) is 18.9 Å². The van der Waals surface area contributed by atoms with E-state index in [4.69, 9.17) is 0 Å². The molecule has 0 aliphatic carbocycles. The number of rotatable bonds is 1. The number of thioether (sulfide) groups is 2. The first kappa shape index (κ1) is 19.9. The van der Waals surface area contributed by atoms with E-state index in [0.717, 1.165) is 12.1 Å². The van der Waals surface area contributed by atoms with Crippen molar-refractivity contribution in [1.29, 1.82) is 0 Å². The standard InChI is InChI=1S/C19H21F3N2O2S2/c1-11-6-8-23(13-9-12(19(20,21)22)3-4-15(13)28-11)17(26)14-10-27-18(2)7-5-16(25)24(14)18/h3-4,9,11,14H,5-8,10H2,1-2H3. The zero-order chi connectivity index (χ0) is 20.3. The van der Waals surface area contributed by atoms with Gasteiger partial charge in [0.15, 0.2) is 0 Å². The number of halogens is 3. The molecule has 1 aromatic carbocycles. The first-order valence-corrected chi connectivity index (χ1v) is 11.1. The lowest BCUT2D eigenvalue weighted by Gasteiger charge is -2.33. The predicted octanol–water partition coefficient (Wildman–Crippen LogP) is 4.38. The second-order valence-electron chi connectivity index (χ2n) is 7.65. The number of amides is 2. The third kappa shape index (κ3) is 3.30. The number of nitrogens with zero attached hydrogens (tertiary/aromatic N) is 2. The molecule has 0 aromatic heterocycles. The Morgan fingerprint density at radius 2 is 2.07 bits per heavy atom. The monoisotopic (exact) mass is 430 g/mol. The number of alkyl halides is 3. The Morgan fingerprint density at radius 3 is 2.79 bits per heavy atom. The van der Waals surface area contributed by atoms with E-state index in [0.29, 0.717) is 42.1 Å². The van der Waals surface area contributed by atoms with Crippen LogP contribution in [0, 0.1) is 0 Å².